The number of aliphatic imine (C=N–C) groups is 1. The molecule has 0 radical (unpaired) electrons. The molecular weight excluding hydrogens is 356 g/mol. The first-order valence-corrected chi connectivity index (χ1v) is 9.92. The molecule has 0 fully saturated rings. The number of hydrogen-bond acceptors (Lipinski definition) is 4. The fourth-order valence-corrected chi connectivity index (χ4v) is 3.69. The Labute approximate surface area is 164 Å². The van der Waals surface area contributed by atoms with E-state index in [0.29, 0.717) is 13.1 Å². The minimum Gasteiger partial charge on any atom is -0.352 e. The standard InChI is InChI=1S/C20H26N6S/c1-5-17-12-22-19(27-17)13-24-20(21-4)23-11-16-8-6-7-9-18(16)26-15(3)10-14(2)25-26/h6-10,12H,5,11,13H2,1-4H3,(H2,21,23,24). The summed E-state index contributed by atoms with van der Waals surface area (Å²) in [4.78, 5) is 10.1. The van der Waals surface area contributed by atoms with Crippen molar-refractivity contribution >= 4 is 17.3 Å². The molecule has 0 aliphatic carbocycles. The first-order valence-electron chi connectivity index (χ1n) is 9.10. The van der Waals surface area contributed by atoms with Crippen molar-refractivity contribution in [2.45, 2.75) is 40.3 Å². The number of hydrogen-bond donors (Lipinski definition) is 2. The van der Waals surface area contributed by atoms with Crippen LogP contribution in [0.1, 0.15) is 33.8 Å². The summed E-state index contributed by atoms with van der Waals surface area (Å²) in [6, 6.07) is 10.4. The van der Waals surface area contributed by atoms with Crippen molar-refractivity contribution in [3.8, 4) is 5.69 Å². The predicted octanol–water partition coefficient (Wildman–Crippen LogP) is 3.37. The number of thiazole rings is 1. The second kappa shape index (κ2) is 8.81. The van der Waals surface area contributed by atoms with E-state index in [0.717, 1.165) is 40.0 Å². The van der Waals surface area contributed by atoms with Crippen LogP contribution < -0.4 is 10.6 Å². The molecule has 6 nitrogen and oxygen atoms in total. The summed E-state index contributed by atoms with van der Waals surface area (Å²) in [6.07, 6.45) is 2.97. The van der Waals surface area contributed by atoms with E-state index < -0.39 is 0 Å². The number of nitrogens with one attached hydrogen (secondary N) is 2. The number of aryl methyl sites for hydroxylation is 3. The maximum Gasteiger partial charge on any atom is 0.191 e. The van der Waals surface area contributed by atoms with Gasteiger partial charge in [-0.2, -0.15) is 5.10 Å². The summed E-state index contributed by atoms with van der Waals surface area (Å²) in [7, 11) is 1.78. The van der Waals surface area contributed by atoms with Crippen molar-refractivity contribution in [1.29, 1.82) is 0 Å². The van der Waals surface area contributed by atoms with Gasteiger partial charge in [-0.25, -0.2) is 9.67 Å². The predicted molar refractivity (Wildman–Crippen MR) is 112 cm³/mol. The van der Waals surface area contributed by atoms with Gasteiger partial charge in [0.2, 0.25) is 0 Å². The van der Waals surface area contributed by atoms with Gasteiger partial charge in [-0.05, 0) is 38.0 Å². The highest BCUT2D eigenvalue weighted by Gasteiger charge is 2.09. The van der Waals surface area contributed by atoms with Crippen LogP contribution in [-0.2, 0) is 19.5 Å². The third-order valence-electron chi connectivity index (χ3n) is 4.26. The fourth-order valence-electron chi connectivity index (χ4n) is 2.89. The Bertz CT molecular complexity index is 924. The number of aromatic nitrogens is 3. The Hall–Kier alpha value is -2.67. The van der Waals surface area contributed by atoms with Gasteiger partial charge in [-0.3, -0.25) is 4.99 Å². The molecule has 0 atom stereocenters. The van der Waals surface area contributed by atoms with E-state index in [4.69, 9.17) is 0 Å². The van der Waals surface area contributed by atoms with Gasteiger partial charge in [0.25, 0.3) is 0 Å². The monoisotopic (exact) mass is 382 g/mol. The number of nitrogens with zero attached hydrogens (tertiary/aromatic N) is 4. The zero-order chi connectivity index (χ0) is 19.2. The Morgan fingerprint density at radius 3 is 2.63 bits per heavy atom. The molecule has 2 heterocycles. The second-order valence-electron chi connectivity index (χ2n) is 6.32. The van der Waals surface area contributed by atoms with Crippen LogP contribution in [-0.4, -0.2) is 27.8 Å². The minimum atomic E-state index is 0.659. The molecule has 3 rings (SSSR count). The molecule has 0 saturated carbocycles. The lowest BCUT2D eigenvalue weighted by Gasteiger charge is -2.14. The zero-order valence-electron chi connectivity index (χ0n) is 16.3. The molecular formula is C20H26N6S. The van der Waals surface area contributed by atoms with Gasteiger partial charge in [-0.1, -0.05) is 25.1 Å². The van der Waals surface area contributed by atoms with E-state index in [1.807, 2.05) is 29.9 Å². The van der Waals surface area contributed by atoms with Crippen molar-refractivity contribution in [2.75, 3.05) is 7.05 Å². The highest BCUT2D eigenvalue weighted by Crippen LogP contribution is 2.17. The van der Waals surface area contributed by atoms with Crippen LogP contribution in [0.2, 0.25) is 0 Å². The van der Waals surface area contributed by atoms with Crippen LogP contribution in [0, 0.1) is 13.8 Å². The van der Waals surface area contributed by atoms with Crippen LogP contribution in [0.4, 0.5) is 0 Å². The van der Waals surface area contributed by atoms with Gasteiger partial charge in [0, 0.05) is 30.4 Å². The van der Waals surface area contributed by atoms with E-state index in [1.165, 1.54) is 4.88 Å². The van der Waals surface area contributed by atoms with Crippen molar-refractivity contribution in [2.24, 2.45) is 4.99 Å². The second-order valence-corrected chi connectivity index (χ2v) is 7.52. The summed E-state index contributed by atoms with van der Waals surface area (Å²) in [5.74, 6) is 0.756. The van der Waals surface area contributed by atoms with E-state index >= 15 is 0 Å². The summed E-state index contributed by atoms with van der Waals surface area (Å²) in [5, 5.41) is 12.4. The van der Waals surface area contributed by atoms with Crippen molar-refractivity contribution in [3.63, 3.8) is 0 Å². The zero-order valence-corrected chi connectivity index (χ0v) is 17.1. The molecule has 0 aliphatic heterocycles. The Morgan fingerprint density at radius 1 is 1.19 bits per heavy atom. The first kappa shape index (κ1) is 19.1. The molecule has 0 spiro atoms. The van der Waals surface area contributed by atoms with Crippen LogP contribution in [0.5, 0.6) is 0 Å². The lowest BCUT2D eigenvalue weighted by molar-refractivity contribution is 0.779. The lowest BCUT2D eigenvalue weighted by Crippen LogP contribution is -2.36. The topological polar surface area (TPSA) is 67.1 Å². The molecule has 0 unspecified atom stereocenters. The molecule has 0 amide bonds. The molecule has 1 aromatic carbocycles. The van der Waals surface area contributed by atoms with Gasteiger partial charge in [0.15, 0.2) is 5.96 Å². The molecule has 27 heavy (non-hydrogen) atoms. The van der Waals surface area contributed by atoms with Crippen LogP contribution in [0.25, 0.3) is 5.69 Å². The smallest absolute Gasteiger partial charge is 0.191 e. The first-order chi connectivity index (χ1) is 13.1. The van der Waals surface area contributed by atoms with E-state index in [2.05, 4.69) is 57.8 Å². The van der Waals surface area contributed by atoms with Crippen molar-refractivity contribution < 1.29 is 0 Å². The lowest BCUT2D eigenvalue weighted by atomic mass is 10.1. The number of para-hydroxylation sites is 1. The molecule has 7 heteroatoms. The third kappa shape index (κ3) is 4.74. The SMILES string of the molecule is CCc1cnc(CNC(=NC)NCc2ccccc2-n2nc(C)cc2C)s1. The summed E-state index contributed by atoms with van der Waals surface area (Å²) < 4.78 is 1.99. The number of rotatable bonds is 6. The van der Waals surface area contributed by atoms with Crippen molar-refractivity contribution in [3.05, 3.63) is 63.4 Å². The third-order valence-corrected chi connectivity index (χ3v) is 5.40. The summed E-state index contributed by atoms with van der Waals surface area (Å²) >= 11 is 1.74. The van der Waals surface area contributed by atoms with Gasteiger partial charge in [0.05, 0.1) is 17.9 Å². The molecule has 2 aromatic heterocycles. The fraction of sp³-hybridized carbons (Fsp3) is 0.350. The van der Waals surface area contributed by atoms with Gasteiger partial charge < -0.3 is 10.6 Å². The molecule has 0 aliphatic rings. The molecule has 2 N–H and O–H groups in total. The molecule has 3 aromatic rings. The Balaban J connectivity index is 1.66. The molecule has 0 saturated heterocycles. The highest BCUT2D eigenvalue weighted by atomic mass is 32.1. The summed E-state index contributed by atoms with van der Waals surface area (Å²) in [6.45, 7) is 7.56. The largest absolute Gasteiger partial charge is 0.352 e. The quantitative estimate of drug-likeness (QED) is 0.507. The Morgan fingerprint density at radius 2 is 1.96 bits per heavy atom. The van der Waals surface area contributed by atoms with Gasteiger partial charge in [0.1, 0.15) is 5.01 Å². The van der Waals surface area contributed by atoms with Gasteiger partial charge in [-0.15, -0.1) is 11.3 Å². The van der Waals surface area contributed by atoms with E-state index in [-0.39, 0.29) is 0 Å². The van der Waals surface area contributed by atoms with E-state index in [9.17, 15) is 0 Å². The van der Waals surface area contributed by atoms with E-state index in [1.54, 1.807) is 18.4 Å². The normalized spacial score (nSPS) is 11.6. The average molecular weight is 383 g/mol. The van der Waals surface area contributed by atoms with Gasteiger partial charge >= 0.3 is 0 Å². The van der Waals surface area contributed by atoms with Crippen LogP contribution >= 0.6 is 11.3 Å². The summed E-state index contributed by atoms with van der Waals surface area (Å²) in [5.41, 5.74) is 4.38. The Kier molecular flexibility index (Phi) is 6.24. The van der Waals surface area contributed by atoms with Crippen LogP contribution in [0.3, 0.4) is 0 Å². The van der Waals surface area contributed by atoms with Crippen molar-refractivity contribution in [1.82, 2.24) is 25.4 Å². The molecule has 142 valence electrons. The van der Waals surface area contributed by atoms with Crippen LogP contribution in [0.15, 0.2) is 41.5 Å². The maximum atomic E-state index is 4.61. The molecule has 0 bridgehead atoms. The minimum absolute atomic E-state index is 0.659. The number of benzene rings is 1. The average Bonchev–Trinajstić information content (AvgIpc) is 3.27. The number of guanidine groups is 1. The maximum absolute atomic E-state index is 4.61. The highest BCUT2D eigenvalue weighted by molar-refractivity contribution is 7.11.